The Morgan fingerprint density at radius 2 is 1.81 bits per heavy atom. The summed E-state index contributed by atoms with van der Waals surface area (Å²) in [6, 6.07) is 4.23. The smallest absolute Gasteiger partial charge is 0.314 e. The third kappa shape index (κ3) is 3.57. The summed E-state index contributed by atoms with van der Waals surface area (Å²) in [6.07, 6.45) is 0.587. The van der Waals surface area contributed by atoms with Crippen LogP contribution >= 0.6 is 0 Å². The predicted octanol–water partition coefficient (Wildman–Crippen LogP) is 0.528. The number of rotatable bonds is 4. The molecule has 0 aliphatic rings. The lowest BCUT2D eigenvalue weighted by Crippen LogP contribution is -2.36. The third-order valence-electron chi connectivity index (χ3n) is 3.05. The van der Waals surface area contributed by atoms with Crippen molar-refractivity contribution < 1.29 is 4.79 Å². The van der Waals surface area contributed by atoms with Crippen molar-refractivity contribution in [2.75, 3.05) is 5.32 Å². The molecule has 1 amide bonds. The van der Waals surface area contributed by atoms with Crippen LogP contribution in [0.25, 0.3) is 11.0 Å². The number of benzene rings is 1. The van der Waals surface area contributed by atoms with E-state index in [1.54, 1.807) is 18.2 Å². The molecule has 0 spiro atoms. The fraction of sp³-hybridized carbons (Fsp3) is 0.357. The maximum Gasteiger partial charge on any atom is 0.314 e. The zero-order valence-corrected chi connectivity index (χ0v) is 11.9. The van der Waals surface area contributed by atoms with Gasteiger partial charge in [-0.1, -0.05) is 13.8 Å². The molecule has 0 saturated carbocycles. The standard InChI is InChI=1S/C14H18N4O3/c1-7(2)5-9(15)12(19)16-8-3-4-10-11(6-8)18-14(21)13(20)17-10/h3-4,6-7,9H,5,15H2,1-2H3,(H,16,19)(H,17,20)(H,18,21). The van der Waals surface area contributed by atoms with Gasteiger partial charge in [0.05, 0.1) is 17.1 Å². The van der Waals surface area contributed by atoms with Crippen molar-refractivity contribution in [3.05, 3.63) is 38.9 Å². The second-order valence-corrected chi connectivity index (χ2v) is 5.39. The normalized spacial score (nSPS) is 12.6. The number of hydrogen-bond donors (Lipinski definition) is 4. The summed E-state index contributed by atoms with van der Waals surface area (Å²) < 4.78 is 0. The number of anilines is 1. The average Bonchev–Trinajstić information content (AvgIpc) is 2.39. The van der Waals surface area contributed by atoms with Gasteiger partial charge in [-0.05, 0) is 30.5 Å². The molecule has 1 unspecified atom stereocenters. The average molecular weight is 290 g/mol. The molecular weight excluding hydrogens is 272 g/mol. The molecule has 1 aromatic heterocycles. The van der Waals surface area contributed by atoms with Gasteiger partial charge in [0.15, 0.2) is 0 Å². The highest BCUT2D eigenvalue weighted by Crippen LogP contribution is 2.14. The van der Waals surface area contributed by atoms with Gasteiger partial charge in [0.1, 0.15) is 0 Å². The van der Waals surface area contributed by atoms with Crippen molar-refractivity contribution in [2.45, 2.75) is 26.3 Å². The van der Waals surface area contributed by atoms with Crippen molar-refractivity contribution >= 4 is 22.6 Å². The maximum atomic E-state index is 11.9. The summed E-state index contributed by atoms with van der Waals surface area (Å²) in [5.74, 6) is 0.0404. The molecule has 21 heavy (non-hydrogen) atoms. The first-order valence-corrected chi connectivity index (χ1v) is 6.69. The lowest BCUT2D eigenvalue weighted by atomic mass is 10.0. The Labute approximate surface area is 120 Å². The predicted molar refractivity (Wildman–Crippen MR) is 81.2 cm³/mol. The summed E-state index contributed by atoms with van der Waals surface area (Å²) in [7, 11) is 0. The number of H-pyrrole nitrogens is 2. The molecule has 0 aliphatic heterocycles. The number of carbonyl (C=O) groups is 1. The molecule has 112 valence electrons. The molecule has 7 heteroatoms. The Morgan fingerprint density at radius 1 is 1.19 bits per heavy atom. The first-order chi connectivity index (χ1) is 9.86. The monoisotopic (exact) mass is 290 g/mol. The van der Waals surface area contributed by atoms with Crippen molar-refractivity contribution in [1.82, 2.24) is 9.97 Å². The summed E-state index contributed by atoms with van der Waals surface area (Å²) in [5.41, 5.74) is 5.80. The Morgan fingerprint density at radius 3 is 2.43 bits per heavy atom. The molecule has 1 heterocycles. The van der Waals surface area contributed by atoms with E-state index in [4.69, 9.17) is 5.73 Å². The molecule has 0 radical (unpaired) electrons. The van der Waals surface area contributed by atoms with Crippen LogP contribution in [-0.4, -0.2) is 21.9 Å². The highest BCUT2D eigenvalue weighted by molar-refractivity contribution is 5.96. The molecule has 5 N–H and O–H groups in total. The SMILES string of the molecule is CC(C)CC(N)C(=O)Nc1ccc2[nH]c(=O)c(=O)[nH]c2c1. The van der Waals surface area contributed by atoms with E-state index in [2.05, 4.69) is 15.3 Å². The van der Waals surface area contributed by atoms with Gasteiger partial charge in [0, 0.05) is 5.69 Å². The maximum absolute atomic E-state index is 11.9. The zero-order valence-electron chi connectivity index (χ0n) is 11.9. The van der Waals surface area contributed by atoms with Gasteiger partial charge in [0.25, 0.3) is 0 Å². The van der Waals surface area contributed by atoms with Crippen LogP contribution in [0.4, 0.5) is 5.69 Å². The molecule has 1 atom stereocenters. The van der Waals surface area contributed by atoms with Gasteiger partial charge in [-0.25, -0.2) is 0 Å². The number of amides is 1. The number of nitrogens with two attached hydrogens (primary N) is 1. The van der Waals surface area contributed by atoms with Gasteiger partial charge in [-0.15, -0.1) is 0 Å². The highest BCUT2D eigenvalue weighted by Gasteiger charge is 2.15. The molecule has 0 aliphatic carbocycles. The lowest BCUT2D eigenvalue weighted by Gasteiger charge is -2.14. The molecule has 0 bridgehead atoms. The van der Waals surface area contributed by atoms with Crippen LogP contribution in [0.1, 0.15) is 20.3 Å². The highest BCUT2D eigenvalue weighted by atomic mass is 16.2. The second kappa shape index (κ2) is 5.92. The summed E-state index contributed by atoms with van der Waals surface area (Å²) in [4.78, 5) is 39.3. The number of aromatic nitrogens is 2. The quantitative estimate of drug-likeness (QED) is 0.614. The van der Waals surface area contributed by atoms with Crippen LogP contribution in [0.2, 0.25) is 0 Å². The Kier molecular flexibility index (Phi) is 4.23. The Balaban J connectivity index is 2.23. The summed E-state index contributed by atoms with van der Waals surface area (Å²) in [5, 5.41) is 2.70. The van der Waals surface area contributed by atoms with E-state index in [-0.39, 0.29) is 5.91 Å². The Bertz CT molecular complexity index is 776. The van der Waals surface area contributed by atoms with E-state index >= 15 is 0 Å². The largest absolute Gasteiger partial charge is 0.325 e. The van der Waals surface area contributed by atoms with E-state index in [1.165, 1.54) is 0 Å². The van der Waals surface area contributed by atoms with Crippen LogP contribution in [0.15, 0.2) is 27.8 Å². The number of aromatic amines is 2. The number of hydrogen-bond acceptors (Lipinski definition) is 4. The fourth-order valence-corrected chi connectivity index (χ4v) is 2.04. The van der Waals surface area contributed by atoms with Gasteiger partial charge in [0.2, 0.25) is 5.91 Å². The fourth-order valence-electron chi connectivity index (χ4n) is 2.04. The lowest BCUT2D eigenvalue weighted by molar-refractivity contribution is -0.117. The number of carbonyl (C=O) groups excluding carboxylic acids is 1. The molecule has 1 aromatic carbocycles. The van der Waals surface area contributed by atoms with Gasteiger partial charge < -0.3 is 21.0 Å². The van der Waals surface area contributed by atoms with Crippen molar-refractivity contribution in [1.29, 1.82) is 0 Å². The van der Waals surface area contributed by atoms with Crippen LogP contribution in [0, 0.1) is 5.92 Å². The van der Waals surface area contributed by atoms with Gasteiger partial charge in [-0.3, -0.25) is 14.4 Å². The van der Waals surface area contributed by atoms with Crippen molar-refractivity contribution in [3.63, 3.8) is 0 Å². The first-order valence-electron chi connectivity index (χ1n) is 6.69. The minimum Gasteiger partial charge on any atom is -0.325 e. The van der Waals surface area contributed by atoms with Crippen molar-refractivity contribution in [2.24, 2.45) is 11.7 Å². The Hall–Kier alpha value is -2.41. The van der Waals surface area contributed by atoms with Crippen LogP contribution in [0.3, 0.4) is 0 Å². The first kappa shape index (κ1) is 15.0. The number of fused-ring (bicyclic) bond motifs is 1. The zero-order chi connectivity index (χ0) is 15.6. The van der Waals surface area contributed by atoms with E-state index in [9.17, 15) is 14.4 Å². The molecule has 2 rings (SSSR count). The summed E-state index contributed by atoms with van der Waals surface area (Å²) in [6.45, 7) is 3.98. The van der Waals surface area contributed by atoms with Gasteiger partial charge >= 0.3 is 11.1 Å². The second-order valence-electron chi connectivity index (χ2n) is 5.39. The van der Waals surface area contributed by atoms with Crippen LogP contribution < -0.4 is 22.2 Å². The third-order valence-corrected chi connectivity index (χ3v) is 3.05. The number of nitrogens with one attached hydrogen (secondary N) is 3. The summed E-state index contributed by atoms with van der Waals surface area (Å²) >= 11 is 0. The molecule has 0 fully saturated rings. The molecule has 0 saturated heterocycles. The van der Waals surface area contributed by atoms with E-state index in [0.717, 1.165) is 0 Å². The van der Waals surface area contributed by atoms with E-state index < -0.39 is 17.2 Å². The van der Waals surface area contributed by atoms with Crippen molar-refractivity contribution in [3.8, 4) is 0 Å². The van der Waals surface area contributed by atoms with Crippen LogP contribution in [0.5, 0.6) is 0 Å². The van der Waals surface area contributed by atoms with E-state index in [0.29, 0.717) is 29.1 Å². The minimum atomic E-state index is -0.734. The van der Waals surface area contributed by atoms with E-state index in [1.807, 2.05) is 13.8 Å². The minimum absolute atomic E-state index is 0.283. The van der Waals surface area contributed by atoms with Crippen LogP contribution in [-0.2, 0) is 4.79 Å². The molecular formula is C14H18N4O3. The molecule has 2 aromatic rings. The van der Waals surface area contributed by atoms with Gasteiger partial charge in [-0.2, -0.15) is 0 Å². The molecule has 7 nitrogen and oxygen atoms in total. The topological polar surface area (TPSA) is 121 Å².